The number of imidazole rings is 1. The largest absolute Gasteiger partial charge is 0.358 e. The summed E-state index contributed by atoms with van der Waals surface area (Å²) in [6.45, 7) is 0.396. The molecule has 1 aliphatic rings. The van der Waals surface area contributed by atoms with Gasteiger partial charge in [-0.3, -0.25) is 9.36 Å². The van der Waals surface area contributed by atoms with Crippen molar-refractivity contribution in [3.63, 3.8) is 0 Å². The Morgan fingerprint density at radius 3 is 2.66 bits per heavy atom. The van der Waals surface area contributed by atoms with Crippen molar-refractivity contribution in [2.75, 3.05) is 10.6 Å². The van der Waals surface area contributed by atoms with Crippen LogP contribution in [0.1, 0.15) is 49.7 Å². The van der Waals surface area contributed by atoms with E-state index in [9.17, 15) is 13.6 Å². The number of carbonyl (C=O) groups excluding carboxylic acids is 1. The van der Waals surface area contributed by atoms with Crippen molar-refractivity contribution in [3.8, 4) is 5.82 Å². The molecule has 0 bridgehead atoms. The Morgan fingerprint density at radius 2 is 1.90 bits per heavy atom. The number of nitrogens with one attached hydrogen (secondary N) is 3. The van der Waals surface area contributed by atoms with Crippen LogP contribution >= 0.6 is 11.6 Å². The topological polar surface area (TPSA) is 96.8 Å². The molecule has 1 fully saturated rings. The average molecular weight is 580 g/mol. The van der Waals surface area contributed by atoms with Crippen LogP contribution in [0.15, 0.2) is 67.3 Å². The second-order valence-corrected chi connectivity index (χ2v) is 10.7. The molecule has 0 spiro atoms. The summed E-state index contributed by atoms with van der Waals surface area (Å²) >= 11 is 6.14. The van der Waals surface area contributed by atoms with E-state index in [0.717, 1.165) is 37.3 Å². The van der Waals surface area contributed by atoms with Crippen LogP contribution in [0.2, 0.25) is 5.02 Å². The standard InChI is InChI=1S/C30H32ClF2N7O/c31-23-8-4-7-21(13-23)17-36-30-38-27(16-28(39-30)40-12-11-34-19-40)37-26(14-20-5-2-1-3-6-20)29(41)35-18-22-9-10-24(32)15-25(22)33/h4,7-13,15-16,19-20,26H,1-3,5-6,14,17-18H2,(H,35,41)(H2,36,37,38,39)/t26-/m1/s1. The van der Waals surface area contributed by atoms with Gasteiger partial charge in [0.1, 0.15) is 35.6 Å². The van der Waals surface area contributed by atoms with Gasteiger partial charge in [-0.1, -0.05) is 61.9 Å². The Labute approximate surface area is 242 Å². The Hall–Kier alpha value is -4.05. The van der Waals surface area contributed by atoms with Gasteiger partial charge in [-0.15, -0.1) is 0 Å². The third kappa shape index (κ3) is 8.00. The number of anilines is 2. The molecule has 1 saturated carbocycles. The predicted molar refractivity (Wildman–Crippen MR) is 155 cm³/mol. The summed E-state index contributed by atoms with van der Waals surface area (Å²) in [5, 5.41) is 10.0. The number of hydrogen-bond acceptors (Lipinski definition) is 6. The third-order valence-electron chi connectivity index (χ3n) is 7.22. The zero-order valence-electron chi connectivity index (χ0n) is 22.5. The van der Waals surface area contributed by atoms with Crippen LogP contribution < -0.4 is 16.0 Å². The average Bonchev–Trinajstić information content (AvgIpc) is 3.51. The van der Waals surface area contributed by atoms with Crippen molar-refractivity contribution in [3.05, 3.63) is 95.0 Å². The molecular formula is C30H32ClF2N7O. The van der Waals surface area contributed by atoms with Gasteiger partial charge >= 0.3 is 0 Å². The molecule has 5 rings (SSSR count). The van der Waals surface area contributed by atoms with Crippen molar-refractivity contribution in [1.82, 2.24) is 24.8 Å². The molecule has 1 amide bonds. The van der Waals surface area contributed by atoms with Crippen molar-refractivity contribution in [2.24, 2.45) is 5.92 Å². The van der Waals surface area contributed by atoms with Crippen LogP contribution in [0.25, 0.3) is 5.82 Å². The monoisotopic (exact) mass is 579 g/mol. The lowest BCUT2D eigenvalue weighted by Crippen LogP contribution is -2.41. The Morgan fingerprint density at radius 1 is 1.05 bits per heavy atom. The van der Waals surface area contributed by atoms with Gasteiger partial charge in [0.25, 0.3) is 0 Å². The van der Waals surface area contributed by atoms with E-state index in [4.69, 9.17) is 11.6 Å². The van der Waals surface area contributed by atoms with E-state index in [-0.39, 0.29) is 18.0 Å². The number of rotatable bonds is 11. The number of hydrogen-bond donors (Lipinski definition) is 3. The zero-order chi connectivity index (χ0) is 28.6. The van der Waals surface area contributed by atoms with Gasteiger partial charge in [0.05, 0.1) is 0 Å². The number of amides is 1. The summed E-state index contributed by atoms with van der Waals surface area (Å²) < 4.78 is 29.3. The lowest BCUT2D eigenvalue weighted by atomic mass is 9.84. The Balaban J connectivity index is 1.37. The highest BCUT2D eigenvalue weighted by atomic mass is 35.5. The second-order valence-electron chi connectivity index (χ2n) is 10.3. The first-order valence-electron chi connectivity index (χ1n) is 13.8. The van der Waals surface area contributed by atoms with Gasteiger partial charge in [0.2, 0.25) is 11.9 Å². The van der Waals surface area contributed by atoms with Crippen LogP contribution in [-0.4, -0.2) is 31.5 Å². The fourth-order valence-corrected chi connectivity index (χ4v) is 5.29. The van der Waals surface area contributed by atoms with Gasteiger partial charge in [-0.05, 0) is 36.1 Å². The van der Waals surface area contributed by atoms with Gasteiger partial charge < -0.3 is 16.0 Å². The van der Waals surface area contributed by atoms with E-state index in [1.807, 2.05) is 24.3 Å². The number of halogens is 3. The van der Waals surface area contributed by atoms with E-state index in [0.29, 0.717) is 41.5 Å². The molecule has 1 atom stereocenters. The van der Waals surface area contributed by atoms with Crippen molar-refractivity contribution < 1.29 is 13.6 Å². The molecule has 2 aromatic carbocycles. The van der Waals surface area contributed by atoms with E-state index in [1.165, 1.54) is 18.6 Å². The molecule has 0 saturated heterocycles. The lowest BCUT2D eigenvalue weighted by molar-refractivity contribution is -0.122. The lowest BCUT2D eigenvalue weighted by Gasteiger charge is -2.27. The van der Waals surface area contributed by atoms with E-state index in [1.54, 1.807) is 29.4 Å². The first kappa shape index (κ1) is 28.5. The maximum Gasteiger partial charge on any atom is 0.242 e. The molecular weight excluding hydrogens is 548 g/mol. The zero-order valence-corrected chi connectivity index (χ0v) is 23.2. The van der Waals surface area contributed by atoms with Gasteiger partial charge in [-0.2, -0.15) is 9.97 Å². The summed E-state index contributed by atoms with van der Waals surface area (Å²) in [5.41, 5.74) is 1.18. The van der Waals surface area contributed by atoms with E-state index < -0.39 is 17.7 Å². The molecule has 11 heteroatoms. The Kier molecular flexibility index (Phi) is 9.40. The molecule has 0 unspecified atom stereocenters. The number of carbonyl (C=O) groups is 1. The molecule has 3 N–H and O–H groups in total. The van der Waals surface area contributed by atoms with Crippen LogP contribution in [0.3, 0.4) is 0 Å². The first-order valence-corrected chi connectivity index (χ1v) is 14.1. The minimum atomic E-state index is -0.696. The summed E-state index contributed by atoms with van der Waals surface area (Å²) in [6.07, 6.45) is 11.2. The molecule has 1 aliphatic carbocycles. The SMILES string of the molecule is O=C(NCc1ccc(F)cc1F)[C@@H](CC1CCCCC1)Nc1cc(-n2ccnc2)nc(NCc2cccc(Cl)c2)n1. The highest BCUT2D eigenvalue weighted by molar-refractivity contribution is 6.30. The Bertz CT molecular complexity index is 1460. The summed E-state index contributed by atoms with van der Waals surface area (Å²) in [5.74, 6) is 0.134. The molecule has 2 aromatic heterocycles. The molecule has 41 heavy (non-hydrogen) atoms. The molecule has 0 aliphatic heterocycles. The number of benzene rings is 2. The van der Waals surface area contributed by atoms with Gasteiger partial charge in [-0.25, -0.2) is 13.8 Å². The summed E-state index contributed by atoms with van der Waals surface area (Å²) in [4.78, 5) is 26.9. The summed E-state index contributed by atoms with van der Waals surface area (Å²) in [6, 6.07) is 12.0. The van der Waals surface area contributed by atoms with Crippen LogP contribution in [-0.2, 0) is 17.9 Å². The smallest absolute Gasteiger partial charge is 0.242 e. The van der Waals surface area contributed by atoms with Gasteiger partial charge in [0, 0.05) is 48.2 Å². The fourth-order valence-electron chi connectivity index (χ4n) is 5.08. The van der Waals surface area contributed by atoms with Crippen molar-refractivity contribution >= 4 is 29.3 Å². The highest BCUT2D eigenvalue weighted by Crippen LogP contribution is 2.28. The molecule has 2 heterocycles. The normalized spacial score (nSPS) is 14.4. The number of aromatic nitrogens is 4. The van der Waals surface area contributed by atoms with Crippen molar-refractivity contribution in [2.45, 2.75) is 57.7 Å². The maximum absolute atomic E-state index is 14.2. The number of nitrogens with zero attached hydrogens (tertiary/aromatic N) is 4. The highest BCUT2D eigenvalue weighted by Gasteiger charge is 2.25. The van der Waals surface area contributed by atoms with Crippen molar-refractivity contribution in [1.29, 1.82) is 0 Å². The molecule has 0 radical (unpaired) electrons. The fraction of sp³-hybridized carbons (Fsp3) is 0.333. The third-order valence-corrected chi connectivity index (χ3v) is 7.46. The van der Waals surface area contributed by atoms with Crippen LogP contribution in [0.5, 0.6) is 0 Å². The maximum atomic E-state index is 14.2. The quantitative estimate of drug-likeness (QED) is 0.194. The molecule has 8 nitrogen and oxygen atoms in total. The van der Waals surface area contributed by atoms with Crippen LogP contribution in [0, 0.1) is 17.6 Å². The molecule has 214 valence electrons. The minimum absolute atomic E-state index is 0.0513. The first-order chi connectivity index (χ1) is 19.9. The second kappa shape index (κ2) is 13.5. The van der Waals surface area contributed by atoms with E-state index in [2.05, 4.69) is 30.9 Å². The predicted octanol–water partition coefficient (Wildman–Crippen LogP) is 6.27. The van der Waals surface area contributed by atoms with E-state index >= 15 is 0 Å². The van der Waals surface area contributed by atoms with Crippen LogP contribution in [0.4, 0.5) is 20.5 Å². The minimum Gasteiger partial charge on any atom is -0.358 e. The van der Waals surface area contributed by atoms with Gasteiger partial charge in [0.15, 0.2) is 0 Å². The summed E-state index contributed by atoms with van der Waals surface area (Å²) in [7, 11) is 0. The molecule has 4 aromatic rings.